The molecule has 2 aromatic heterocycles. The highest BCUT2D eigenvalue weighted by Crippen LogP contribution is 2.36. The Balaban J connectivity index is 1.35. The van der Waals surface area contributed by atoms with Gasteiger partial charge in [0.2, 0.25) is 0 Å². The molecule has 5 heteroatoms. The van der Waals surface area contributed by atoms with Gasteiger partial charge in [0.15, 0.2) is 0 Å². The maximum atomic E-state index is 7.24. The Bertz CT molecular complexity index is 1840. The lowest BCUT2D eigenvalue weighted by Crippen LogP contribution is -2.16. The van der Waals surface area contributed by atoms with E-state index >= 15 is 0 Å². The Labute approximate surface area is 329 Å². The second-order valence-electron chi connectivity index (χ2n) is 14.8. The molecule has 0 aliphatic heterocycles. The van der Waals surface area contributed by atoms with Crippen LogP contribution in [0.1, 0.15) is 136 Å². The van der Waals surface area contributed by atoms with E-state index in [1.807, 2.05) is 24.8 Å². The van der Waals surface area contributed by atoms with E-state index < -0.39 is 12.2 Å². The summed E-state index contributed by atoms with van der Waals surface area (Å²) in [5.41, 5.74) is 12.7. The van der Waals surface area contributed by atoms with Crippen LogP contribution in [0, 0.1) is 0 Å². The number of aryl methyl sites for hydroxylation is 4. The van der Waals surface area contributed by atoms with Crippen LogP contribution in [-0.4, -0.2) is 19.9 Å². The fraction of sp³-hybridized carbons (Fsp3) is 0.360. The molecular weight excluding hydrogens is 673 g/mol. The molecule has 0 bridgehead atoms. The molecule has 2 heterocycles. The third-order valence-corrected chi connectivity index (χ3v) is 10.4. The first kappa shape index (κ1) is 39.7. The Morgan fingerprint density at radius 3 is 1.07 bits per heavy atom. The van der Waals surface area contributed by atoms with Gasteiger partial charge < -0.3 is 4.74 Å². The molecule has 6 rings (SSSR count). The average Bonchev–Trinajstić information content (AvgIpc) is 3.23. The highest BCUT2D eigenvalue weighted by molar-refractivity contribution is 5.59. The van der Waals surface area contributed by atoms with Crippen molar-refractivity contribution in [2.24, 2.45) is 0 Å². The summed E-state index contributed by atoms with van der Waals surface area (Å²) in [5.74, 6) is 0. The second kappa shape index (κ2) is 20.6. The molecule has 0 spiro atoms. The second-order valence-corrected chi connectivity index (χ2v) is 14.8. The minimum atomic E-state index is -0.486. The van der Waals surface area contributed by atoms with E-state index in [0.29, 0.717) is 0 Å². The molecule has 6 aromatic rings. The summed E-state index contributed by atoms with van der Waals surface area (Å²) in [5, 5.41) is 0. The van der Waals surface area contributed by atoms with Crippen molar-refractivity contribution in [2.75, 3.05) is 0 Å². The van der Waals surface area contributed by atoms with Crippen molar-refractivity contribution in [1.29, 1.82) is 0 Å². The lowest BCUT2D eigenvalue weighted by atomic mass is 9.99. The van der Waals surface area contributed by atoms with Crippen LogP contribution in [0.4, 0.5) is 0 Å². The minimum absolute atomic E-state index is 0.486. The van der Waals surface area contributed by atoms with Crippen molar-refractivity contribution in [1.82, 2.24) is 19.9 Å². The first-order valence-electron chi connectivity index (χ1n) is 20.7. The summed E-state index contributed by atoms with van der Waals surface area (Å²) in [4.78, 5) is 19.9. The zero-order valence-corrected chi connectivity index (χ0v) is 33.4. The van der Waals surface area contributed by atoms with E-state index in [1.54, 1.807) is 0 Å². The smallest absolute Gasteiger partial charge is 0.127 e. The molecule has 284 valence electrons. The molecule has 0 N–H and O–H groups in total. The predicted molar refractivity (Wildman–Crippen MR) is 227 cm³/mol. The predicted octanol–water partition coefficient (Wildman–Crippen LogP) is 12.9. The van der Waals surface area contributed by atoms with Gasteiger partial charge in [0.05, 0.1) is 47.6 Å². The Morgan fingerprint density at radius 2 is 0.745 bits per heavy atom. The quantitative estimate of drug-likeness (QED) is 0.0732. The van der Waals surface area contributed by atoms with Gasteiger partial charge in [-0.1, -0.05) is 163 Å². The highest BCUT2D eigenvalue weighted by atomic mass is 16.5. The lowest BCUT2D eigenvalue weighted by molar-refractivity contribution is 0.0258. The van der Waals surface area contributed by atoms with Crippen LogP contribution in [0.5, 0.6) is 0 Å². The van der Waals surface area contributed by atoms with Gasteiger partial charge in [0.25, 0.3) is 0 Å². The van der Waals surface area contributed by atoms with Crippen molar-refractivity contribution in [3.63, 3.8) is 0 Å². The van der Waals surface area contributed by atoms with Gasteiger partial charge in [0, 0.05) is 11.1 Å². The Kier molecular flexibility index (Phi) is 14.9. The number of unbranched alkanes of at least 4 members (excludes halogenated alkanes) is 4. The van der Waals surface area contributed by atoms with Crippen molar-refractivity contribution in [3.8, 4) is 22.5 Å². The lowest BCUT2D eigenvalue weighted by Gasteiger charge is -2.25. The molecule has 0 aliphatic rings. The molecule has 4 aromatic carbocycles. The van der Waals surface area contributed by atoms with Gasteiger partial charge in [-0.05, 0) is 71.9 Å². The van der Waals surface area contributed by atoms with Crippen molar-refractivity contribution in [2.45, 2.75) is 117 Å². The molecular formula is C50H58N4O. The van der Waals surface area contributed by atoms with E-state index in [2.05, 4.69) is 125 Å². The molecule has 2 unspecified atom stereocenters. The summed E-state index contributed by atoms with van der Waals surface area (Å²) in [6.07, 6.45) is 20.3. The van der Waals surface area contributed by atoms with Gasteiger partial charge in [-0.15, -0.1) is 0 Å². The number of hydrogen-bond acceptors (Lipinski definition) is 5. The standard InChI is InChI=1S/C50H58N4O/c1-5-9-11-15-39-21-29-43(30-22-39)49(47-35-51-45(33-53-47)41-25-17-37(13-7-3)18-26-41)55-50(44-31-23-40(24-32-44)16-12-10-6-2)48-36-52-46(34-54-48)42-27-19-38(14-8-4)20-28-42/h17-36,49-50H,5-16H2,1-4H3. The number of rotatable bonds is 20. The highest BCUT2D eigenvalue weighted by Gasteiger charge is 2.26. The van der Waals surface area contributed by atoms with E-state index in [0.717, 1.165) is 83.6 Å². The summed E-state index contributed by atoms with van der Waals surface area (Å²) in [6.45, 7) is 8.91. The monoisotopic (exact) mass is 730 g/mol. The van der Waals surface area contributed by atoms with Gasteiger partial charge in [-0.3, -0.25) is 19.9 Å². The van der Waals surface area contributed by atoms with Crippen LogP contribution < -0.4 is 0 Å². The fourth-order valence-corrected chi connectivity index (χ4v) is 7.16. The zero-order chi connectivity index (χ0) is 38.2. The minimum Gasteiger partial charge on any atom is -0.353 e. The molecule has 0 saturated heterocycles. The average molecular weight is 731 g/mol. The van der Waals surface area contributed by atoms with E-state index in [1.165, 1.54) is 60.8 Å². The fourth-order valence-electron chi connectivity index (χ4n) is 7.16. The number of ether oxygens (including phenoxy) is 1. The van der Waals surface area contributed by atoms with Gasteiger partial charge in [-0.25, -0.2) is 0 Å². The first-order chi connectivity index (χ1) is 27.1. The van der Waals surface area contributed by atoms with Crippen molar-refractivity contribution >= 4 is 0 Å². The summed E-state index contributed by atoms with van der Waals surface area (Å²) in [7, 11) is 0. The maximum Gasteiger partial charge on any atom is 0.127 e. The number of aromatic nitrogens is 4. The molecule has 0 aliphatic carbocycles. The van der Waals surface area contributed by atoms with Gasteiger partial charge in [0.1, 0.15) is 12.2 Å². The van der Waals surface area contributed by atoms with E-state index in [-0.39, 0.29) is 0 Å². The molecule has 0 amide bonds. The SMILES string of the molecule is CCCCCc1ccc(C(OC(c2ccc(CCCCC)cc2)c2cnc(-c3ccc(CCC)cc3)cn2)c2cnc(-c3ccc(CCC)cc3)cn2)cc1. The molecule has 2 atom stereocenters. The summed E-state index contributed by atoms with van der Waals surface area (Å²) < 4.78 is 7.24. The van der Waals surface area contributed by atoms with Crippen LogP contribution in [-0.2, 0) is 30.4 Å². The normalized spacial score (nSPS) is 12.4. The van der Waals surface area contributed by atoms with Crippen LogP contribution in [0.15, 0.2) is 122 Å². The summed E-state index contributed by atoms with van der Waals surface area (Å²) >= 11 is 0. The number of nitrogens with zero attached hydrogens (tertiary/aromatic N) is 4. The van der Waals surface area contributed by atoms with E-state index in [9.17, 15) is 0 Å². The third kappa shape index (κ3) is 11.0. The number of hydrogen-bond donors (Lipinski definition) is 0. The maximum absolute atomic E-state index is 7.24. The van der Waals surface area contributed by atoms with E-state index in [4.69, 9.17) is 24.7 Å². The first-order valence-corrected chi connectivity index (χ1v) is 20.7. The van der Waals surface area contributed by atoms with Crippen LogP contribution in [0.2, 0.25) is 0 Å². The molecule has 55 heavy (non-hydrogen) atoms. The largest absolute Gasteiger partial charge is 0.353 e. The Hall–Kier alpha value is -5.00. The van der Waals surface area contributed by atoms with Gasteiger partial charge in [-0.2, -0.15) is 0 Å². The topological polar surface area (TPSA) is 60.8 Å². The zero-order valence-electron chi connectivity index (χ0n) is 33.4. The Morgan fingerprint density at radius 1 is 0.382 bits per heavy atom. The van der Waals surface area contributed by atoms with Crippen molar-refractivity contribution in [3.05, 3.63) is 167 Å². The summed E-state index contributed by atoms with van der Waals surface area (Å²) in [6, 6.07) is 35.1. The van der Waals surface area contributed by atoms with Crippen LogP contribution in [0.3, 0.4) is 0 Å². The molecule has 0 radical (unpaired) electrons. The molecule has 0 fully saturated rings. The molecule has 0 saturated carbocycles. The van der Waals surface area contributed by atoms with Crippen LogP contribution >= 0.6 is 0 Å². The van der Waals surface area contributed by atoms with Crippen molar-refractivity contribution < 1.29 is 4.74 Å². The van der Waals surface area contributed by atoms with Crippen LogP contribution in [0.25, 0.3) is 22.5 Å². The number of benzene rings is 4. The third-order valence-electron chi connectivity index (χ3n) is 10.4. The molecule has 5 nitrogen and oxygen atoms in total. The van der Waals surface area contributed by atoms with Gasteiger partial charge >= 0.3 is 0 Å².